The van der Waals surface area contributed by atoms with Crippen LogP contribution in [0, 0.1) is 0 Å². The molecule has 3 heteroatoms. The third-order valence-electron chi connectivity index (χ3n) is 2.91. The number of aliphatic carboxylic acids is 1. The normalized spacial score (nSPS) is 9.94. The van der Waals surface area contributed by atoms with E-state index in [1.165, 1.54) is 44.5 Å². The molecule has 0 atom stereocenters. The summed E-state index contributed by atoms with van der Waals surface area (Å²) in [5.74, 6) is 0.368. The van der Waals surface area contributed by atoms with Crippen molar-refractivity contribution in [2.75, 3.05) is 0 Å². The zero-order chi connectivity index (χ0) is 12.9. The van der Waals surface area contributed by atoms with Crippen LogP contribution in [-0.2, 0) is 9.59 Å². The second kappa shape index (κ2) is 11.4. The van der Waals surface area contributed by atoms with Crippen molar-refractivity contribution in [3.8, 4) is 0 Å². The van der Waals surface area contributed by atoms with Crippen LogP contribution in [0.4, 0.5) is 0 Å². The molecule has 0 aliphatic heterocycles. The molecule has 0 radical (unpaired) electrons. The summed E-state index contributed by atoms with van der Waals surface area (Å²) in [6.45, 7) is 2.21. The molecule has 0 saturated heterocycles. The summed E-state index contributed by atoms with van der Waals surface area (Å²) < 4.78 is 0. The maximum absolute atomic E-state index is 10.5. The molecule has 0 fully saturated rings. The van der Waals surface area contributed by atoms with E-state index in [2.05, 4.69) is 6.92 Å². The van der Waals surface area contributed by atoms with E-state index in [1.54, 1.807) is 0 Å². The summed E-state index contributed by atoms with van der Waals surface area (Å²) in [5.41, 5.74) is -0.118. The molecule has 0 saturated carbocycles. The maximum Gasteiger partial charge on any atom is 0.342 e. The third kappa shape index (κ3) is 9.83. The first-order valence-corrected chi connectivity index (χ1v) is 6.69. The van der Waals surface area contributed by atoms with Crippen LogP contribution in [0.25, 0.3) is 0 Å². The molecule has 0 rings (SSSR count). The Bertz CT molecular complexity index is 252. The monoisotopic (exact) mass is 240 g/mol. The van der Waals surface area contributed by atoms with E-state index in [4.69, 9.17) is 5.11 Å². The molecule has 0 bridgehead atoms. The molecule has 0 aromatic carbocycles. The number of carboxylic acids is 1. The quantitative estimate of drug-likeness (QED) is 0.340. The Hall–Kier alpha value is -1.08. The predicted octanol–water partition coefficient (Wildman–Crippen LogP) is 3.75. The highest BCUT2D eigenvalue weighted by Crippen LogP contribution is 2.12. The highest BCUT2D eigenvalue weighted by atomic mass is 16.4. The summed E-state index contributed by atoms with van der Waals surface area (Å²) >= 11 is 0. The summed E-state index contributed by atoms with van der Waals surface area (Å²) in [7, 11) is 0. The molecule has 0 aromatic heterocycles. The van der Waals surface area contributed by atoms with Gasteiger partial charge in [0.2, 0.25) is 0 Å². The van der Waals surface area contributed by atoms with Crippen LogP contribution in [-0.4, -0.2) is 17.0 Å². The van der Waals surface area contributed by atoms with Gasteiger partial charge in [0.25, 0.3) is 0 Å². The number of hydrogen-bond donors (Lipinski definition) is 1. The predicted molar refractivity (Wildman–Crippen MR) is 68.7 cm³/mol. The lowest BCUT2D eigenvalue weighted by Gasteiger charge is -2.01. The van der Waals surface area contributed by atoms with Crippen molar-refractivity contribution in [1.82, 2.24) is 0 Å². The lowest BCUT2D eigenvalue weighted by Crippen LogP contribution is -2.01. The second-order valence-corrected chi connectivity index (χ2v) is 4.46. The van der Waals surface area contributed by atoms with Gasteiger partial charge >= 0.3 is 5.97 Å². The zero-order valence-electron chi connectivity index (χ0n) is 10.8. The Morgan fingerprint density at radius 1 is 0.941 bits per heavy atom. The summed E-state index contributed by atoms with van der Waals surface area (Å²) in [4.78, 5) is 20.8. The van der Waals surface area contributed by atoms with Crippen LogP contribution in [0.1, 0.15) is 71.1 Å². The molecule has 0 aliphatic carbocycles. The van der Waals surface area contributed by atoms with E-state index in [0.717, 1.165) is 19.3 Å². The van der Waals surface area contributed by atoms with Crippen molar-refractivity contribution in [2.24, 2.45) is 0 Å². The van der Waals surface area contributed by atoms with Crippen LogP contribution in [0.15, 0.2) is 5.57 Å². The van der Waals surface area contributed by atoms with Crippen molar-refractivity contribution in [1.29, 1.82) is 0 Å². The summed E-state index contributed by atoms with van der Waals surface area (Å²) in [6.07, 6.45) is 11.0. The molecule has 0 aliphatic rings. The number of carbonyl (C=O) groups excluding carboxylic acids is 1. The molecule has 0 aromatic rings. The zero-order valence-corrected chi connectivity index (χ0v) is 10.8. The summed E-state index contributed by atoms with van der Waals surface area (Å²) in [6, 6.07) is 0. The average molecular weight is 240 g/mol. The molecule has 17 heavy (non-hydrogen) atoms. The Morgan fingerprint density at radius 2 is 1.41 bits per heavy atom. The largest absolute Gasteiger partial charge is 0.477 e. The van der Waals surface area contributed by atoms with Gasteiger partial charge in [0.1, 0.15) is 11.5 Å². The highest BCUT2D eigenvalue weighted by Gasteiger charge is 2.07. The lowest BCUT2D eigenvalue weighted by molar-refractivity contribution is -0.132. The first-order valence-electron chi connectivity index (χ1n) is 6.69. The Morgan fingerprint density at radius 3 is 1.82 bits per heavy atom. The van der Waals surface area contributed by atoms with Gasteiger partial charge in [-0.05, 0) is 12.8 Å². The Balaban J connectivity index is 3.29. The second-order valence-electron chi connectivity index (χ2n) is 4.46. The van der Waals surface area contributed by atoms with Gasteiger partial charge < -0.3 is 5.11 Å². The van der Waals surface area contributed by atoms with E-state index in [1.807, 2.05) is 0 Å². The first kappa shape index (κ1) is 15.9. The maximum atomic E-state index is 10.5. The van der Waals surface area contributed by atoms with E-state index in [-0.39, 0.29) is 5.57 Å². The molecule has 0 spiro atoms. The van der Waals surface area contributed by atoms with Crippen LogP contribution in [0.5, 0.6) is 0 Å². The van der Waals surface area contributed by atoms with Crippen LogP contribution in [0.2, 0.25) is 0 Å². The van der Waals surface area contributed by atoms with E-state index in [0.29, 0.717) is 6.42 Å². The lowest BCUT2D eigenvalue weighted by atomic mass is 10.0. The van der Waals surface area contributed by atoms with Crippen molar-refractivity contribution in [2.45, 2.75) is 71.1 Å². The van der Waals surface area contributed by atoms with Gasteiger partial charge in [-0.3, -0.25) is 0 Å². The summed E-state index contributed by atoms with van der Waals surface area (Å²) in [5, 5.41) is 8.60. The van der Waals surface area contributed by atoms with Crippen molar-refractivity contribution >= 4 is 11.9 Å². The van der Waals surface area contributed by atoms with Crippen LogP contribution in [0.3, 0.4) is 0 Å². The Kier molecular flexibility index (Phi) is 10.7. The number of hydrogen-bond acceptors (Lipinski definition) is 2. The molecular weight excluding hydrogens is 216 g/mol. The van der Waals surface area contributed by atoms with Gasteiger partial charge in [-0.1, -0.05) is 58.3 Å². The molecule has 0 heterocycles. The van der Waals surface area contributed by atoms with E-state index < -0.39 is 5.97 Å². The van der Waals surface area contributed by atoms with Gasteiger partial charge in [0, 0.05) is 0 Å². The van der Waals surface area contributed by atoms with Crippen LogP contribution < -0.4 is 0 Å². The van der Waals surface area contributed by atoms with Crippen molar-refractivity contribution in [3.63, 3.8) is 0 Å². The van der Waals surface area contributed by atoms with Crippen molar-refractivity contribution in [3.05, 3.63) is 5.57 Å². The first-order chi connectivity index (χ1) is 8.22. The number of unbranched alkanes of at least 4 members (excludes halogenated alkanes) is 8. The van der Waals surface area contributed by atoms with E-state index in [9.17, 15) is 9.59 Å². The van der Waals surface area contributed by atoms with Gasteiger partial charge in [0.15, 0.2) is 0 Å². The highest BCUT2D eigenvalue weighted by molar-refractivity contribution is 5.95. The molecule has 98 valence electrons. The topological polar surface area (TPSA) is 54.4 Å². The van der Waals surface area contributed by atoms with Crippen molar-refractivity contribution < 1.29 is 14.7 Å². The SMILES string of the molecule is CCCCCCCCCCCC(=C=O)C(=O)O. The fourth-order valence-corrected chi connectivity index (χ4v) is 1.81. The molecular formula is C14H24O3. The van der Waals surface area contributed by atoms with Gasteiger partial charge in [-0.2, -0.15) is 0 Å². The fourth-order valence-electron chi connectivity index (χ4n) is 1.81. The number of carbonyl (C=O) groups is 1. The molecule has 0 unspecified atom stereocenters. The molecule has 0 amide bonds. The minimum atomic E-state index is -1.13. The molecule has 3 nitrogen and oxygen atoms in total. The average Bonchev–Trinajstić information content (AvgIpc) is 2.31. The third-order valence-corrected chi connectivity index (χ3v) is 2.91. The minimum absolute atomic E-state index is 0.118. The van der Waals surface area contributed by atoms with E-state index >= 15 is 0 Å². The minimum Gasteiger partial charge on any atom is -0.477 e. The number of carboxylic acid groups (broad SMARTS) is 1. The molecule has 1 N–H and O–H groups in total. The smallest absolute Gasteiger partial charge is 0.342 e. The van der Waals surface area contributed by atoms with Gasteiger partial charge in [0.05, 0.1) is 0 Å². The standard InChI is InChI=1S/C14H24O3/c1-2-3-4-5-6-7-8-9-10-11-13(12-15)14(16)17/h2-11H2,1H3,(H,16,17). The number of rotatable bonds is 11. The van der Waals surface area contributed by atoms with Gasteiger partial charge in [-0.15, -0.1) is 0 Å². The Labute approximate surface area is 104 Å². The van der Waals surface area contributed by atoms with Gasteiger partial charge in [-0.25, -0.2) is 9.59 Å². The van der Waals surface area contributed by atoms with Crippen LogP contribution >= 0.6 is 0 Å². The fraction of sp³-hybridized carbons (Fsp3) is 0.786.